The van der Waals surface area contributed by atoms with Gasteiger partial charge in [-0.05, 0) is 36.6 Å². The van der Waals surface area contributed by atoms with Crippen LogP contribution in [0.1, 0.15) is 34.5 Å². The molecule has 3 rings (SSSR count). The van der Waals surface area contributed by atoms with Gasteiger partial charge in [0.2, 0.25) is 5.95 Å². The van der Waals surface area contributed by atoms with Crippen molar-refractivity contribution in [3.8, 4) is 5.75 Å². The van der Waals surface area contributed by atoms with Gasteiger partial charge in [-0.1, -0.05) is 12.1 Å². The van der Waals surface area contributed by atoms with Gasteiger partial charge in [-0.25, -0.2) is 9.97 Å². The van der Waals surface area contributed by atoms with Crippen molar-refractivity contribution >= 4 is 23.7 Å². The number of hydrogen-bond donors (Lipinski definition) is 1. The predicted octanol–water partition coefficient (Wildman–Crippen LogP) is 2.66. The van der Waals surface area contributed by atoms with Gasteiger partial charge < -0.3 is 4.74 Å². The number of nitrogens with one attached hydrogen (secondary N) is 1. The molecule has 1 aliphatic carbocycles. The van der Waals surface area contributed by atoms with Gasteiger partial charge in [-0.3, -0.25) is 14.9 Å². The number of carbonyl (C=O) groups is 2. The standard InChI is InChI=1S/C18H17N3O3/c1-24-13-8-5-12(6-9-13)7-10-17(23)21-18-19-11-14-15(20-18)3-2-4-16(14)22/h5-11H,2-4H2,1H3,(H,19,20,21,23)/b10-7+. The minimum Gasteiger partial charge on any atom is -0.497 e. The number of hydrogen-bond acceptors (Lipinski definition) is 5. The summed E-state index contributed by atoms with van der Waals surface area (Å²) in [6.07, 6.45) is 6.65. The molecule has 0 bridgehead atoms. The summed E-state index contributed by atoms with van der Waals surface area (Å²) in [6.45, 7) is 0. The second kappa shape index (κ2) is 7.04. The topological polar surface area (TPSA) is 81.2 Å². The van der Waals surface area contributed by atoms with E-state index in [2.05, 4.69) is 15.3 Å². The van der Waals surface area contributed by atoms with E-state index in [-0.39, 0.29) is 17.6 Å². The van der Waals surface area contributed by atoms with Crippen LogP contribution in [0.25, 0.3) is 6.08 Å². The van der Waals surface area contributed by atoms with E-state index in [1.54, 1.807) is 13.2 Å². The highest BCUT2D eigenvalue weighted by molar-refractivity contribution is 6.01. The first kappa shape index (κ1) is 15.9. The van der Waals surface area contributed by atoms with Gasteiger partial charge in [-0.15, -0.1) is 0 Å². The Hall–Kier alpha value is -3.02. The van der Waals surface area contributed by atoms with Gasteiger partial charge in [0.15, 0.2) is 5.78 Å². The molecule has 1 N–H and O–H groups in total. The Labute approximate surface area is 139 Å². The van der Waals surface area contributed by atoms with Crippen molar-refractivity contribution in [2.24, 2.45) is 0 Å². The fraction of sp³-hybridized carbons (Fsp3) is 0.222. The van der Waals surface area contributed by atoms with Crippen molar-refractivity contribution in [2.45, 2.75) is 19.3 Å². The Morgan fingerprint density at radius 3 is 2.79 bits per heavy atom. The summed E-state index contributed by atoms with van der Waals surface area (Å²) in [7, 11) is 1.60. The number of anilines is 1. The molecule has 1 aromatic carbocycles. The Morgan fingerprint density at radius 1 is 1.25 bits per heavy atom. The van der Waals surface area contributed by atoms with E-state index >= 15 is 0 Å². The lowest BCUT2D eigenvalue weighted by atomic mass is 9.96. The first-order valence-corrected chi connectivity index (χ1v) is 7.68. The van der Waals surface area contributed by atoms with Crippen molar-refractivity contribution in [3.63, 3.8) is 0 Å². The zero-order valence-electron chi connectivity index (χ0n) is 13.3. The zero-order chi connectivity index (χ0) is 16.9. The molecule has 0 saturated heterocycles. The smallest absolute Gasteiger partial charge is 0.250 e. The number of ketones is 1. The van der Waals surface area contributed by atoms with Crippen LogP contribution in [-0.2, 0) is 11.2 Å². The summed E-state index contributed by atoms with van der Waals surface area (Å²) in [5, 5.41) is 2.62. The Morgan fingerprint density at radius 2 is 2.04 bits per heavy atom. The van der Waals surface area contributed by atoms with Crippen LogP contribution in [0.3, 0.4) is 0 Å². The van der Waals surface area contributed by atoms with E-state index in [0.29, 0.717) is 17.7 Å². The SMILES string of the molecule is COc1ccc(/C=C/C(=O)Nc2ncc3c(n2)CCCC3=O)cc1. The fourth-order valence-electron chi connectivity index (χ4n) is 2.49. The minimum atomic E-state index is -0.326. The highest BCUT2D eigenvalue weighted by Gasteiger charge is 2.19. The van der Waals surface area contributed by atoms with Crippen LogP contribution in [0, 0.1) is 0 Å². The van der Waals surface area contributed by atoms with Gasteiger partial charge in [-0.2, -0.15) is 0 Å². The van der Waals surface area contributed by atoms with Crippen LogP contribution >= 0.6 is 0 Å². The van der Waals surface area contributed by atoms with Crippen molar-refractivity contribution in [3.05, 3.63) is 53.4 Å². The zero-order valence-corrected chi connectivity index (χ0v) is 13.3. The molecule has 6 nitrogen and oxygen atoms in total. The maximum absolute atomic E-state index is 12.0. The van der Waals surface area contributed by atoms with Crippen LogP contribution < -0.4 is 10.1 Å². The normalized spacial score (nSPS) is 13.6. The van der Waals surface area contributed by atoms with E-state index in [1.165, 1.54) is 12.3 Å². The van der Waals surface area contributed by atoms with Crippen molar-refractivity contribution in [1.29, 1.82) is 0 Å². The van der Waals surface area contributed by atoms with Crippen LogP contribution in [0.15, 0.2) is 36.5 Å². The molecule has 0 radical (unpaired) electrons. The average molecular weight is 323 g/mol. The van der Waals surface area contributed by atoms with E-state index in [9.17, 15) is 9.59 Å². The van der Waals surface area contributed by atoms with Gasteiger partial charge >= 0.3 is 0 Å². The molecule has 0 aliphatic heterocycles. The van der Waals surface area contributed by atoms with E-state index in [4.69, 9.17) is 4.74 Å². The van der Waals surface area contributed by atoms with E-state index < -0.39 is 0 Å². The Balaban J connectivity index is 1.66. The summed E-state index contributed by atoms with van der Waals surface area (Å²) >= 11 is 0. The largest absolute Gasteiger partial charge is 0.497 e. The van der Waals surface area contributed by atoms with Gasteiger partial charge in [0.25, 0.3) is 5.91 Å². The third kappa shape index (κ3) is 3.65. The molecule has 0 unspecified atom stereocenters. The molecule has 24 heavy (non-hydrogen) atoms. The average Bonchev–Trinajstić information content (AvgIpc) is 2.60. The molecule has 0 spiro atoms. The molecule has 0 atom stereocenters. The third-order valence-corrected chi connectivity index (χ3v) is 3.76. The van der Waals surface area contributed by atoms with Crippen molar-refractivity contribution < 1.29 is 14.3 Å². The molecular formula is C18H17N3O3. The molecule has 122 valence electrons. The lowest BCUT2D eigenvalue weighted by Crippen LogP contribution is -2.17. The first-order valence-electron chi connectivity index (χ1n) is 7.68. The lowest BCUT2D eigenvalue weighted by Gasteiger charge is -2.13. The Kier molecular flexibility index (Phi) is 4.65. The van der Waals surface area contributed by atoms with Gasteiger partial charge in [0.1, 0.15) is 5.75 Å². The number of ether oxygens (including phenoxy) is 1. The maximum atomic E-state index is 12.0. The number of aryl methyl sites for hydroxylation is 1. The number of Topliss-reactive ketones (excluding diaryl/α,β-unsaturated/α-hetero) is 1. The van der Waals surface area contributed by atoms with Crippen LogP contribution in [0.4, 0.5) is 5.95 Å². The highest BCUT2D eigenvalue weighted by Crippen LogP contribution is 2.19. The third-order valence-electron chi connectivity index (χ3n) is 3.76. The molecule has 2 aromatic rings. The number of nitrogens with zero attached hydrogens (tertiary/aromatic N) is 2. The minimum absolute atomic E-state index is 0.0635. The number of methoxy groups -OCH3 is 1. The molecule has 1 aromatic heterocycles. The molecule has 1 heterocycles. The summed E-state index contributed by atoms with van der Waals surface area (Å²) < 4.78 is 5.08. The summed E-state index contributed by atoms with van der Waals surface area (Å²) in [4.78, 5) is 32.0. The van der Waals surface area contributed by atoms with Crippen molar-refractivity contribution in [2.75, 3.05) is 12.4 Å². The number of rotatable bonds is 4. The van der Waals surface area contributed by atoms with Crippen LogP contribution in [0.2, 0.25) is 0 Å². The predicted molar refractivity (Wildman–Crippen MR) is 90.0 cm³/mol. The van der Waals surface area contributed by atoms with Gasteiger partial charge in [0, 0.05) is 18.7 Å². The van der Waals surface area contributed by atoms with E-state index in [0.717, 1.165) is 24.2 Å². The van der Waals surface area contributed by atoms with Crippen LogP contribution in [0.5, 0.6) is 5.75 Å². The number of amides is 1. The quantitative estimate of drug-likeness (QED) is 0.875. The Bertz CT molecular complexity index is 798. The molecule has 1 aliphatic rings. The second-order valence-electron chi connectivity index (χ2n) is 5.43. The number of fused-ring (bicyclic) bond motifs is 1. The number of carbonyl (C=O) groups excluding carboxylic acids is 2. The van der Waals surface area contributed by atoms with E-state index in [1.807, 2.05) is 24.3 Å². The van der Waals surface area contributed by atoms with Gasteiger partial charge in [0.05, 0.1) is 18.4 Å². The summed E-state index contributed by atoms with van der Waals surface area (Å²) in [5.74, 6) is 0.711. The highest BCUT2D eigenvalue weighted by atomic mass is 16.5. The lowest BCUT2D eigenvalue weighted by molar-refractivity contribution is -0.111. The monoisotopic (exact) mass is 323 g/mol. The maximum Gasteiger partial charge on any atom is 0.250 e. The summed E-state index contributed by atoms with van der Waals surface area (Å²) in [6, 6.07) is 7.34. The van der Waals surface area contributed by atoms with Crippen molar-refractivity contribution in [1.82, 2.24) is 9.97 Å². The first-order chi connectivity index (χ1) is 11.7. The molecule has 1 amide bonds. The molecule has 0 saturated carbocycles. The second-order valence-corrected chi connectivity index (χ2v) is 5.43. The molecular weight excluding hydrogens is 306 g/mol. The number of benzene rings is 1. The summed E-state index contributed by atoms with van der Waals surface area (Å²) in [5.41, 5.74) is 2.15. The van der Waals surface area contributed by atoms with Crippen LogP contribution in [-0.4, -0.2) is 28.8 Å². The number of aromatic nitrogens is 2. The fourth-order valence-corrected chi connectivity index (χ4v) is 2.49. The molecule has 6 heteroatoms. The molecule has 0 fully saturated rings.